The van der Waals surface area contributed by atoms with Gasteiger partial charge in [0.1, 0.15) is 17.8 Å². The molecular weight excluding hydrogens is 420 g/mol. The van der Waals surface area contributed by atoms with Crippen LogP contribution in [-0.4, -0.2) is 73.2 Å². The molecule has 1 amide bonds. The number of hydrogen-bond donors (Lipinski definition) is 1. The number of likely N-dealkylation sites (tertiary alicyclic amines) is 1. The number of nitrogens with one attached hydrogen (secondary N) is 1. The summed E-state index contributed by atoms with van der Waals surface area (Å²) >= 11 is 0. The van der Waals surface area contributed by atoms with Gasteiger partial charge in [-0.05, 0) is 38.4 Å². The molecule has 1 aromatic carbocycles. The van der Waals surface area contributed by atoms with Gasteiger partial charge in [0.05, 0.1) is 12.2 Å². The Hall–Kier alpha value is -2.72. The molecule has 1 N–H and O–H groups in total. The molecule has 1 saturated heterocycles. The van der Waals surface area contributed by atoms with Crippen LogP contribution < -0.4 is 14.8 Å². The van der Waals surface area contributed by atoms with Gasteiger partial charge in [0.25, 0.3) is 5.91 Å². The van der Waals surface area contributed by atoms with Gasteiger partial charge in [-0.1, -0.05) is 12.1 Å². The second-order valence-electron chi connectivity index (χ2n) is 7.38. The molecule has 2 atom stereocenters. The second kappa shape index (κ2) is 10.5. The van der Waals surface area contributed by atoms with Gasteiger partial charge >= 0.3 is 0 Å². The van der Waals surface area contributed by atoms with Gasteiger partial charge in [0, 0.05) is 31.7 Å². The molecule has 2 heterocycles. The van der Waals surface area contributed by atoms with Crippen LogP contribution in [0.4, 0.5) is 0 Å². The molecule has 3 rings (SSSR count). The fraction of sp³-hybridized carbons (Fsp3) is 0.476. The first-order valence-corrected chi connectivity index (χ1v) is 12.2. The van der Waals surface area contributed by atoms with E-state index >= 15 is 0 Å². The minimum Gasteiger partial charge on any atom is -0.490 e. The van der Waals surface area contributed by atoms with Crippen molar-refractivity contribution in [2.75, 3.05) is 32.5 Å². The van der Waals surface area contributed by atoms with Gasteiger partial charge in [-0.25, -0.2) is 18.4 Å². The summed E-state index contributed by atoms with van der Waals surface area (Å²) in [7, 11) is -3.46. The molecule has 0 bridgehead atoms. The first kappa shape index (κ1) is 23.0. The number of sulfone groups is 1. The fourth-order valence-corrected chi connectivity index (χ4v) is 4.69. The average molecular weight is 449 g/mol. The maximum atomic E-state index is 12.5. The average Bonchev–Trinajstić information content (AvgIpc) is 2.75. The van der Waals surface area contributed by atoms with Crippen LogP contribution in [0.1, 0.15) is 30.1 Å². The molecular formula is C21H28N4O5S. The topological polar surface area (TPSA) is 111 Å². The number of amides is 1. The van der Waals surface area contributed by atoms with Crippen molar-refractivity contribution in [2.45, 2.75) is 31.2 Å². The van der Waals surface area contributed by atoms with Crippen LogP contribution >= 0.6 is 0 Å². The molecule has 2 aromatic rings. The molecule has 31 heavy (non-hydrogen) atoms. The van der Waals surface area contributed by atoms with Gasteiger partial charge in [-0.15, -0.1) is 0 Å². The number of para-hydroxylation sites is 2. The molecule has 0 unspecified atom stereocenters. The Morgan fingerprint density at radius 1 is 1.26 bits per heavy atom. The van der Waals surface area contributed by atoms with Crippen LogP contribution in [0.3, 0.4) is 0 Å². The van der Waals surface area contributed by atoms with E-state index in [1.54, 1.807) is 0 Å². The van der Waals surface area contributed by atoms with Crippen molar-refractivity contribution < 1.29 is 22.7 Å². The van der Waals surface area contributed by atoms with E-state index in [4.69, 9.17) is 9.47 Å². The van der Waals surface area contributed by atoms with E-state index in [-0.39, 0.29) is 18.2 Å². The van der Waals surface area contributed by atoms with Crippen molar-refractivity contribution in [3.8, 4) is 11.5 Å². The number of carbonyl (C=O) groups excluding carboxylic acids is 1. The van der Waals surface area contributed by atoms with E-state index in [0.29, 0.717) is 31.2 Å². The first-order chi connectivity index (χ1) is 14.9. The predicted octanol–water partition coefficient (Wildman–Crippen LogP) is 1.52. The number of carbonyl (C=O) groups is 1. The Bertz CT molecular complexity index is 971. The highest BCUT2D eigenvalue weighted by molar-refractivity contribution is 7.91. The minimum absolute atomic E-state index is 0.0329. The standard InChI is InChI=1S/C21H28N4O5S/c1-3-29-18-8-4-5-9-19(18)30-17-7-6-10-25(14-17)20(31(2,27)28)13-24-21(26)16-11-22-15-23-12-16/h4-5,8-9,11-12,15,17,20H,3,6-7,10,13-14H2,1-2H3,(H,24,26)/t17-,20-/m1/s1. The van der Waals surface area contributed by atoms with Crippen LogP contribution in [0.25, 0.3) is 0 Å². The van der Waals surface area contributed by atoms with Crippen LogP contribution in [0, 0.1) is 0 Å². The lowest BCUT2D eigenvalue weighted by molar-refractivity contribution is 0.0751. The number of nitrogens with zero attached hydrogens (tertiary/aromatic N) is 3. The molecule has 1 aliphatic rings. The molecule has 0 aliphatic carbocycles. The summed E-state index contributed by atoms with van der Waals surface area (Å²) in [6, 6.07) is 7.45. The van der Waals surface area contributed by atoms with Crippen LogP contribution in [0.5, 0.6) is 11.5 Å². The lowest BCUT2D eigenvalue weighted by Gasteiger charge is -2.37. The van der Waals surface area contributed by atoms with E-state index in [1.165, 1.54) is 25.0 Å². The Balaban J connectivity index is 1.67. The SMILES string of the molecule is CCOc1ccccc1O[C@@H]1CCCN([C@@H](CNC(=O)c2cncnc2)S(C)(=O)=O)C1. The highest BCUT2D eigenvalue weighted by Crippen LogP contribution is 2.29. The molecule has 0 saturated carbocycles. The Kier molecular flexibility index (Phi) is 7.80. The number of hydrogen-bond acceptors (Lipinski definition) is 8. The lowest BCUT2D eigenvalue weighted by atomic mass is 10.1. The van der Waals surface area contributed by atoms with E-state index in [9.17, 15) is 13.2 Å². The van der Waals surface area contributed by atoms with E-state index in [0.717, 1.165) is 12.8 Å². The molecule has 0 radical (unpaired) electrons. The number of aromatic nitrogens is 2. The van der Waals surface area contributed by atoms with Crippen molar-refractivity contribution in [3.05, 3.63) is 48.5 Å². The summed E-state index contributed by atoms with van der Waals surface area (Å²) < 4.78 is 36.8. The summed E-state index contributed by atoms with van der Waals surface area (Å²) in [6.45, 7) is 3.44. The van der Waals surface area contributed by atoms with Crippen molar-refractivity contribution in [2.24, 2.45) is 0 Å². The second-order valence-corrected chi connectivity index (χ2v) is 9.58. The summed E-state index contributed by atoms with van der Waals surface area (Å²) in [6.07, 6.45) is 6.70. The number of rotatable bonds is 9. The smallest absolute Gasteiger partial charge is 0.254 e. The maximum Gasteiger partial charge on any atom is 0.254 e. The Morgan fingerprint density at radius 3 is 2.65 bits per heavy atom. The number of ether oxygens (including phenoxy) is 2. The van der Waals surface area contributed by atoms with Gasteiger partial charge < -0.3 is 14.8 Å². The molecule has 10 heteroatoms. The molecule has 9 nitrogen and oxygen atoms in total. The van der Waals surface area contributed by atoms with Crippen molar-refractivity contribution >= 4 is 15.7 Å². The summed E-state index contributed by atoms with van der Waals surface area (Å²) in [5.74, 6) is 0.897. The van der Waals surface area contributed by atoms with Gasteiger partial charge in [-0.3, -0.25) is 9.69 Å². The Morgan fingerprint density at radius 2 is 1.97 bits per heavy atom. The van der Waals surface area contributed by atoms with Crippen LogP contribution in [0.15, 0.2) is 43.0 Å². The van der Waals surface area contributed by atoms with Crippen LogP contribution in [0.2, 0.25) is 0 Å². The Labute approximate surface area is 182 Å². The van der Waals surface area contributed by atoms with Crippen molar-refractivity contribution in [1.29, 1.82) is 0 Å². The third-order valence-electron chi connectivity index (χ3n) is 5.01. The minimum atomic E-state index is -3.46. The van der Waals surface area contributed by atoms with Crippen molar-refractivity contribution in [3.63, 3.8) is 0 Å². The zero-order chi connectivity index (χ0) is 22.3. The third-order valence-corrected chi connectivity index (χ3v) is 6.47. The first-order valence-electron chi connectivity index (χ1n) is 10.2. The van der Waals surface area contributed by atoms with Gasteiger partial charge in [0.15, 0.2) is 21.3 Å². The summed E-state index contributed by atoms with van der Waals surface area (Å²) in [4.78, 5) is 21.8. The zero-order valence-corrected chi connectivity index (χ0v) is 18.5. The molecule has 1 aliphatic heterocycles. The van der Waals surface area contributed by atoms with E-state index in [1.807, 2.05) is 36.1 Å². The van der Waals surface area contributed by atoms with Gasteiger partial charge in [-0.2, -0.15) is 0 Å². The number of piperidine rings is 1. The molecule has 0 spiro atoms. The maximum absolute atomic E-state index is 12.5. The summed E-state index contributed by atoms with van der Waals surface area (Å²) in [5.41, 5.74) is 0.280. The lowest BCUT2D eigenvalue weighted by Crippen LogP contribution is -2.53. The third kappa shape index (κ3) is 6.38. The number of benzene rings is 1. The monoisotopic (exact) mass is 448 g/mol. The normalized spacial score (nSPS) is 18.2. The molecule has 1 aromatic heterocycles. The highest BCUT2D eigenvalue weighted by Gasteiger charge is 2.33. The van der Waals surface area contributed by atoms with Gasteiger partial charge in [0.2, 0.25) is 0 Å². The van der Waals surface area contributed by atoms with Crippen LogP contribution in [-0.2, 0) is 9.84 Å². The quantitative estimate of drug-likeness (QED) is 0.615. The zero-order valence-electron chi connectivity index (χ0n) is 17.7. The molecule has 1 fully saturated rings. The van der Waals surface area contributed by atoms with E-state index in [2.05, 4.69) is 15.3 Å². The molecule has 168 valence electrons. The largest absolute Gasteiger partial charge is 0.490 e. The summed E-state index contributed by atoms with van der Waals surface area (Å²) in [5, 5.41) is 1.84. The predicted molar refractivity (Wildman–Crippen MR) is 116 cm³/mol. The highest BCUT2D eigenvalue weighted by atomic mass is 32.2. The van der Waals surface area contributed by atoms with E-state index < -0.39 is 21.1 Å². The fourth-order valence-electron chi connectivity index (χ4n) is 3.58. The van der Waals surface area contributed by atoms with Crippen molar-refractivity contribution in [1.82, 2.24) is 20.2 Å².